The van der Waals surface area contributed by atoms with Crippen LogP contribution in [0.3, 0.4) is 0 Å². The Labute approximate surface area is 155 Å². The number of carbonyl (C=O) groups is 1. The monoisotopic (exact) mass is 378 g/mol. The third kappa shape index (κ3) is 4.78. The van der Waals surface area contributed by atoms with Crippen molar-refractivity contribution in [3.63, 3.8) is 0 Å². The van der Waals surface area contributed by atoms with E-state index in [1.807, 2.05) is 0 Å². The van der Waals surface area contributed by atoms with Crippen LogP contribution in [0, 0.1) is 11.8 Å². The van der Waals surface area contributed by atoms with Gasteiger partial charge in [-0.1, -0.05) is 31.0 Å². The number of alkyl halides is 3. The van der Waals surface area contributed by atoms with Crippen LogP contribution < -0.4 is 10.9 Å². The summed E-state index contributed by atoms with van der Waals surface area (Å²) in [5, 5.41) is 2.61. The summed E-state index contributed by atoms with van der Waals surface area (Å²) in [4.78, 5) is 24.1. The number of halogens is 3. The average molecular weight is 378 g/mol. The fourth-order valence-corrected chi connectivity index (χ4v) is 3.55. The first kappa shape index (κ1) is 19.2. The molecule has 1 aliphatic carbocycles. The summed E-state index contributed by atoms with van der Waals surface area (Å²) >= 11 is 0. The SMILES string of the molecule is O=C(Nc1ccc(Cn2ccccc2=O)cc1)C1CCCCC1C(F)(F)F. The van der Waals surface area contributed by atoms with Gasteiger partial charge in [0, 0.05) is 23.9 Å². The van der Waals surface area contributed by atoms with Crippen molar-refractivity contribution < 1.29 is 18.0 Å². The largest absolute Gasteiger partial charge is 0.392 e. The number of hydrogen-bond donors (Lipinski definition) is 1. The van der Waals surface area contributed by atoms with Gasteiger partial charge in [0.05, 0.1) is 12.5 Å². The summed E-state index contributed by atoms with van der Waals surface area (Å²) in [5.41, 5.74) is 1.19. The van der Waals surface area contributed by atoms with Crippen molar-refractivity contribution in [2.24, 2.45) is 11.8 Å². The number of benzene rings is 1. The molecule has 1 aromatic heterocycles. The Hall–Kier alpha value is -2.57. The van der Waals surface area contributed by atoms with Gasteiger partial charge in [-0.3, -0.25) is 9.59 Å². The number of amides is 1. The van der Waals surface area contributed by atoms with Gasteiger partial charge in [-0.15, -0.1) is 0 Å². The predicted octanol–water partition coefficient (Wildman–Crippen LogP) is 4.20. The minimum Gasteiger partial charge on any atom is -0.326 e. The Morgan fingerprint density at radius 2 is 1.78 bits per heavy atom. The van der Waals surface area contributed by atoms with Gasteiger partial charge in [0.2, 0.25) is 5.91 Å². The zero-order chi connectivity index (χ0) is 19.4. The molecule has 0 saturated heterocycles. The zero-order valence-electron chi connectivity index (χ0n) is 14.7. The van der Waals surface area contributed by atoms with E-state index in [-0.39, 0.29) is 18.4 Å². The molecule has 1 amide bonds. The maximum atomic E-state index is 13.2. The first-order valence-corrected chi connectivity index (χ1v) is 8.96. The standard InChI is InChI=1S/C20H21F3N2O2/c21-20(22,23)17-6-2-1-5-16(17)19(27)24-15-10-8-14(9-11-15)13-25-12-4-3-7-18(25)26/h3-4,7-12,16-17H,1-2,5-6,13H2,(H,24,27). The van der Waals surface area contributed by atoms with Gasteiger partial charge in [-0.2, -0.15) is 13.2 Å². The maximum Gasteiger partial charge on any atom is 0.392 e. The van der Waals surface area contributed by atoms with E-state index in [1.165, 1.54) is 6.07 Å². The van der Waals surface area contributed by atoms with Crippen LogP contribution >= 0.6 is 0 Å². The van der Waals surface area contributed by atoms with Crippen LogP contribution in [-0.4, -0.2) is 16.7 Å². The summed E-state index contributed by atoms with van der Waals surface area (Å²) < 4.78 is 41.1. The lowest BCUT2D eigenvalue weighted by Gasteiger charge is -2.32. The molecule has 0 bridgehead atoms. The molecule has 0 radical (unpaired) electrons. The molecule has 0 spiro atoms. The minimum absolute atomic E-state index is 0.00630. The van der Waals surface area contributed by atoms with Crippen molar-refractivity contribution in [2.45, 2.75) is 38.4 Å². The van der Waals surface area contributed by atoms with Crippen LogP contribution in [0.1, 0.15) is 31.2 Å². The molecule has 0 aliphatic heterocycles. The van der Waals surface area contributed by atoms with Crippen molar-refractivity contribution >= 4 is 11.6 Å². The van der Waals surface area contributed by atoms with E-state index in [1.54, 1.807) is 47.2 Å². The summed E-state index contributed by atoms with van der Waals surface area (Å²) in [6.45, 7) is 0.382. The van der Waals surface area contributed by atoms with Crippen LogP contribution in [0.2, 0.25) is 0 Å². The second-order valence-corrected chi connectivity index (χ2v) is 6.89. The van der Waals surface area contributed by atoms with Crippen molar-refractivity contribution in [2.75, 3.05) is 5.32 Å². The topological polar surface area (TPSA) is 51.1 Å². The molecule has 1 saturated carbocycles. The summed E-state index contributed by atoms with van der Waals surface area (Å²) in [6, 6.07) is 11.7. The summed E-state index contributed by atoms with van der Waals surface area (Å²) in [7, 11) is 0. The van der Waals surface area contributed by atoms with Crippen LogP contribution in [0.15, 0.2) is 53.5 Å². The first-order valence-electron chi connectivity index (χ1n) is 8.96. The van der Waals surface area contributed by atoms with Crippen molar-refractivity contribution in [3.05, 3.63) is 64.6 Å². The molecule has 4 nitrogen and oxygen atoms in total. The maximum absolute atomic E-state index is 13.2. The fraction of sp³-hybridized carbons (Fsp3) is 0.400. The quantitative estimate of drug-likeness (QED) is 0.867. The van der Waals surface area contributed by atoms with E-state index in [2.05, 4.69) is 5.32 Å². The van der Waals surface area contributed by atoms with Crippen LogP contribution in [0.5, 0.6) is 0 Å². The Bertz CT molecular complexity index is 843. The van der Waals surface area contributed by atoms with Gasteiger partial charge in [0.1, 0.15) is 0 Å². The number of carbonyl (C=O) groups excluding carboxylic acids is 1. The molecule has 2 unspecified atom stereocenters. The molecule has 2 atom stereocenters. The third-order valence-corrected chi connectivity index (χ3v) is 5.00. The van der Waals surface area contributed by atoms with Crippen LogP contribution in [-0.2, 0) is 11.3 Å². The van der Waals surface area contributed by atoms with E-state index in [4.69, 9.17) is 0 Å². The summed E-state index contributed by atoms with van der Waals surface area (Å²) in [6.07, 6.45) is -1.28. The number of rotatable bonds is 4. The number of hydrogen-bond acceptors (Lipinski definition) is 2. The van der Waals surface area contributed by atoms with E-state index in [9.17, 15) is 22.8 Å². The lowest BCUT2D eigenvalue weighted by molar-refractivity contribution is -0.197. The van der Waals surface area contributed by atoms with Gasteiger partial charge in [0.15, 0.2) is 0 Å². The molecule has 7 heteroatoms. The smallest absolute Gasteiger partial charge is 0.326 e. The number of pyridine rings is 1. The van der Waals surface area contributed by atoms with Gasteiger partial charge in [0.25, 0.3) is 5.56 Å². The normalized spacial score (nSPS) is 20.3. The Morgan fingerprint density at radius 3 is 2.44 bits per heavy atom. The average Bonchev–Trinajstić information content (AvgIpc) is 2.64. The lowest BCUT2D eigenvalue weighted by Crippen LogP contribution is -2.39. The molecular weight excluding hydrogens is 357 g/mol. The van der Waals surface area contributed by atoms with Crippen molar-refractivity contribution in [1.29, 1.82) is 0 Å². The Morgan fingerprint density at radius 1 is 1.07 bits per heavy atom. The predicted molar refractivity (Wildman–Crippen MR) is 96.4 cm³/mol. The molecule has 144 valence electrons. The second kappa shape index (κ2) is 7.98. The highest BCUT2D eigenvalue weighted by atomic mass is 19.4. The fourth-order valence-electron chi connectivity index (χ4n) is 3.55. The first-order chi connectivity index (χ1) is 12.8. The number of aromatic nitrogens is 1. The second-order valence-electron chi connectivity index (χ2n) is 6.89. The van der Waals surface area contributed by atoms with Crippen molar-refractivity contribution in [3.8, 4) is 0 Å². The van der Waals surface area contributed by atoms with Gasteiger partial charge in [-0.25, -0.2) is 0 Å². The number of nitrogens with one attached hydrogen (secondary N) is 1. The van der Waals surface area contributed by atoms with Crippen LogP contribution in [0.4, 0.5) is 18.9 Å². The summed E-state index contributed by atoms with van der Waals surface area (Å²) in [5.74, 6) is -3.19. The van der Waals surface area contributed by atoms with Gasteiger partial charge in [-0.05, 0) is 36.6 Å². The minimum atomic E-state index is -4.35. The van der Waals surface area contributed by atoms with Gasteiger partial charge >= 0.3 is 6.18 Å². The van der Waals surface area contributed by atoms with E-state index < -0.39 is 23.9 Å². The molecule has 1 aromatic carbocycles. The molecule has 1 heterocycles. The highest BCUT2D eigenvalue weighted by molar-refractivity contribution is 5.92. The zero-order valence-corrected chi connectivity index (χ0v) is 14.7. The van der Waals surface area contributed by atoms with Crippen molar-refractivity contribution in [1.82, 2.24) is 4.57 Å². The third-order valence-electron chi connectivity index (χ3n) is 5.00. The van der Waals surface area contributed by atoms with Crippen LogP contribution in [0.25, 0.3) is 0 Å². The molecule has 1 aliphatic rings. The van der Waals surface area contributed by atoms with Gasteiger partial charge < -0.3 is 9.88 Å². The molecule has 1 N–H and O–H groups in total. The number of nitrogens with zero attached hydrogens (tertiary/aromatic N) is 1. The number of anilines is 1. The highest BCUT2D eigenvalue weighted by Crippen LogP contribution is 2.41. The Kier molecular flexibility index (Phi) is 5.68. The van der Waals surface area contributed by atoms with E-state index in [0.717, 1.165) is 5.56 Å². The Balaban J connectivity index is 1.66. The molecule has 1 fully saturated rings. The molecule has 2 aromatic rings. The van der Waals surface area contributed by atoms with E-state index >= 15 is 0 Å². The molecular formula is C20H21F3N2O2. The lowest BCUT2D eigenvalue weighted by atomic mass is 9.78. The highest BCUT2D eigenvalue weighted by Gasteiger charge is 2.48. The molecule has 3 rings (SSSR count). The molecule has 27 heavy (non-hydrogen) atoms. The van der Waals surface area contributed by atoms with E-state index in [0.29, 0.717) is 25.1 Å².